The van der Waals surface area contributed by atoms with Crippen LogP contribution in [0.3, 0.4) is 0 Å². The molecule has 0 atom stereocenters. The molecule has 0 fully saturated rings. The number of aliphatic hydroxyl groups is 1. The minimum atomic E-state index is -0.0572. The van der Waals surface area contributed by atoms with Crippen LogP contribution in [0.5, 0.6) is 0 Å². The molecule has 4 heteroatoms. The second-order valence-electron chi connectivity index (χ2n) is 4.37. The normalized spacial score (nSPS) is 10.2. The number of aliphatic hydroxyl groups excluding tert-OH is 1. The lowest BCUT2D eigenvalue weighted by atomic mass is 10.1. The zero-order valence-electron chi connectivity index (χ0n) is 11.1. The zero-order chi connectivity index (χ0) is 13.4. The van der Waals surface area contributed by atoms with Crippen LogP contribution in [0.2, 0.25) is 0 Å². The number of unbranched alkanes of at least 4 members (excludes halogenated alkanes) is 2. The molecule has 0 bridgehead atoms. The Morgan fingerprint density at radius 2 is 1.94 bits per heavy atom. The average molecular weight is 250 g/mol. The number of carbonyl (C=O) groups is 1. The van der Waals surface area contributed by atoms with Crippen LogP contribution in [0.25, 0.3) is 0 Å². The van der Waals surface area contributed by atoms with Crippen molar-refractivity contribution in [3.05, 3.63) is 23.8 Å². The molecule has 0 radical (unpaired) electrons. The zero-order valence-corrected chi connectivity index (χ0v) is 11.1. The summed E-state index contributed by atoms with van der Waals surface area (Å²) in [7, 11) is 0. The van der Waals surface area contributed by atoms with Gasteiger partial charge in [0.15, 0.2) is 0 Å². The van der Waals surface area contributed by atoms with E-state index >= 15 is 0 Å². The molecule has 1 rings (SSSR count). The van der Waals surface area contributed by atoms with E-state index in [0.29, 0.717) is 0 Å². The van der Waals surface area contributed by atoms with Crippen molar-refractivity contribution in [1.82, 2.24) is 0 Å². The average Bonchev–Trinajstić information content (AvgIpc) is 2.33. The Morgan fingerprint density at radius 3 is 2.61 bits per heavy atom. The summed E-state index contributed by atoms with van der Waals surface area (Å²) in [5.41, 5.74) is 2.95. The molecule has 1 aromatic carbocycles. The van der Waals surface area contributed by atoms with E-state index in [-0.39, 0.29) is 12.5 Å². The predicted molar refractivity (Wildman–Crippen MR) is 74.9 cm³/mol. The fourth-order valence-corrected chi connectivity index (χ4v) is 1.79. The van der Waals surface area contributed by atoms with Gasteiger partial charge in [0, 0.05) is 31.5 Å². The summed E-state index contributed by atoms with van der Waals surface area (Å²) in [4.78, 5) is 11.1. The van der Waals surface area contributed by atoms with Crippen LogP contribution >= 0.6 is 0 Å². The van der Waals surface area contributed by atoms with Crippen molar-refractivity contribution in [1.29, 1.82) is 0 Å². The number of amides is 1. The minimum Gasteiger partial charge on any atom is -0.396 e. The first-order valence-corrected chi connectivity index (χ1v) is 6.37. The number of hydrogen-bond acceptors (Lipinski definition) is 3. The van der Waals surface area contributed by atoms with Crippen molar-refractivity contribution in [3.63, 3.8) is 0 Å². The van der Waals surface area contributed by atoms with E-state index < -0.39 is 0 Å². The summed E-state index contributed by atoms with van der Waals surface area (Å²) in [6, 6.07) is 5.83. The molecule has 0 spiro atoms. The summed E-state index contributed by atoms with van der Waals surface area (Å²) in [6.07, 6.45) is 2.91. The number of nitrogens with one attached hydrogen (secondary N) is 2. The molecule has 0 aliphatic heterocycles. The highest BCUT2D eigenvalue weighted by molar-refractivity contribution is 5.90. The van der Waals surface area contributed by atoms with E-state index in [1.165, 1.54) is 6.92 Å². The van der Waals surface area contributed by atoms with Gasteiger partial charge >= 0.3 is 0 Å². The van der Waals surface area contributed by atoms with Gasteiger partial charge in [-0.3, -0.25) is 4.79 Å². The van der Waals surface area contributed by atoms with E-state index in [2.05, 4.69) is 10.6 Å². The fraction of sp³-hybridized carbons (Fsp3) is 0.500. The molecule has 0 aliphatic carbocycles. The molecule has 0 aliphatic rings. The molecule has 0 saturated heterocycles. The van der Waals surface area contributed by atoms with Gasteiger partial charge < -0.3 is 15.7 Å². The Hall–Kier alpha value is -1.55. The Balaban J connectivity index is 2.52. The van der Waals surface area contributed by atoms with Crippen LogP contribution in [-0.4, -0.2) is 24.2 Å². The highest BCUT2D eigenvalue weighted by atomic mass is 16.2. The summed E-state index contributed by atoms with van der Waals surface area (Å²) in [5.74, 6) is -0.0572. The first-order chi connectivity index (χ1) is 8.65. The maximum atomic E-state index is 11.1. The standard InChI is InChI=1S/C14H22N2O2/c1-11-13(15-9-4-3-5-10-17)7-6-8-14(11)16-12(2)18/h6-8,15,17H,3-5,9-10H2,1-2H3,(H,16,18). The fourth-order valence-electron chi connectivity index (χ4n) is 1.79. The molecule has 4 nitrogen and oxygen atoms in total. The van der Waals surface area contributed by atoms with Crippen molar-refractivity contribution in [3.8, 4) is 0 Å². The van der Waals surface area contributed by atoms with E-state index in [1.54, 1.807) is 0 Å². The van der Waals surface area contributed by atoms with Gasteiger partial charge in [-0.05, 0) is 43.9 Å². The van der Waals surface area contributed by atoms with Gasteiger partial charge in [-0.2, -0.15) is 0 Å². The van der Waals surface area contributed by atoms with Crippen molar-refractivity contribution in [2.45, 2.75) is 33.1 Å². The van der Waals surface area contributed by atoms with Gasteiger partial charge in [0.05, 0.1) is 0 Å². The number of rotatable bonds is 7. The monoisotopic (exact) mass is 250 g/mol. The molecular weight excluding hydrogens is 228 g/mol. The van der Waals surface area contributed by atoms with Crippen molar-refractivity contribution in [2.75, 3.05) is 23.8 Å². The van der Waals surface area contributed by atoms with E-state index in [0.717, 1.165) is 42.7 Å². The SMILES string of the molecule is CC(=O)Nc1cccc(NCCCCCO)c1C. The number of benzene rings is 1. The highest BCUT2D eigenvalue weighted by Gasteiger charge is 2.04. The summed E-state index contributed by atoms with van der Waals surface area (Å²) in [6.45, 7) is 4.64. The van der Waals surface area contributed by atoms with Gasteiger partial charge in [-0.25, -0.2) is 0 Å². The Morgan fingerprint density at radius 1 is 1.22 bits per heavy atom. The predicted octanol–water partition coefficient (Wildman–Crippen LogP) is 2.53. The molecule has 3 N–H and O–H groups in total. The van der Waals surface area contributed by atoms with E-state index in [4.69, 9.17) is 5.11 Å². The Bertz CT molecular complexity index is 391. The summed E-state index contributed by atoms with van der Waals surface area (Å²) < 4.78 is 0. The van der Waals surface area contributed by atoms with E-state index in [1.807, 2.05) is 25.1 Å². The lowest BCUT2D eigenvalue weighted by Crippen LogP contribution is -2.09. The van der Waals surface area contributed by atoms with Crippen LogP contribution in [-0.2, 0) is 4.79 Å². The van der Waals surface area contributed by atoms with Gasteiger partial charge in [-0.15, -0.1) is 0 Å². The Labute approximate surface area is 108 Å². The molecule has 0 aromatic heterocycles. The highest BCUT2D eigenvalue weighted by Crippen LogP contribution is 2.23. The van der Waals surface area contributed by atoms with Crippen LogP contribution < -0.4 is 10.6 Å². The first kappa shape index (κ1) is 14.5. The van der Waals surface area contributed by atoms with Crippen molar-refractivity contribution in [2.24, 2.45) is 0 Å². The third-order valence-corrected chi connectivity index (χ3v) is 2.79. The Kier molecular flexibility index (Phi) is 6.22. The molecule has 18 heavy (non-hydrogen) atoms. The number of anilines is 2. The largest absolute Gasteiger partial charge is 0.396 e. The van der Waals surface area contributed by atoms with E-state index in [9.17, 15) is 4.79 Å². The summed E-state index contributed by atoms with van der Waals surface area (Å²) >= 11 is 0. The quantitative estimate of drug-likeness (QED) is 0.652. The van der Waals surface area contributed by atoms with Crippen LogP contribution in [0, 0.1) is 6.92 Å². The lowest BCUT2D eigenvalue weighted by molar-refractivity contribution is -0.114. The second kappa shape index (κ2) is 7.71. The van der Waals surface area contributed by atoms with Crippen LogP contribution in [0.15, 0.2) is 18.2 Å². The van der Waals surface area contributed by atoms with Gasteiger partial charge in [-0.1, -0.05) is 6.07 Å². The smallest absolute Gasteiger partial charge is 0.221 e. The minimum absolute atomic E-state index is 0.0572. The topological polar surface area (TPSA) is 61.4 Å². The van der Waals surface area contributed by atoms with Gasteiger partial charge in [0.2, 0.25) is 5.91 Å². The maximum Gasteiger partial charge on any atom is 0.221 e. The van der Waals surface area contributed by atoms with Crippen molar-refractivity contribution < 1.29 is 9.90 Å². The molecule has 0 heterocycles. The molecule has 1 amide bonds. The molecule has 0 unspecified atom stereocenters. The first-order valence-electron chi connectivity index (χ1n) is 6.37. The summed E-state index contributed by atoms with van der Waals surface area (Å²) in [5, 5.41) is 14.9. The van der Waals surface area contributed by atoms with Gasteiger partial charge in [0.1, 0.15) is 0 Å². The number of hydrogen-bond donors (Lipinski definition) is 3. The van der Waals surface area contributed by atoms with Crippen LogP contribution in [0.1, 0.15) is 31.7 Å². The van der Waals surface area contributed by atoms with Crippen LogP contribution in [0.4, 0.5) is 11.4 Å². The number of carbonyl (C=O) groups excluding carboxylic acids is 1. The van der Waals surface area contributed by atoms with Crippen molar-refractivity contribution >= 4 is 17.3 Å². The second-order valence-corrected chi connectivity index (χ2v) is 4.37. The molecule has 0 saturated carbocycles. The lowest BCUT2D eigenvalue weighted by Gasteiger charge is -2.13. The molecule has 1 aromatic rings. The molecular formula is C14H22N2O2. The third kappa shape index (κ3) is 4.75. The third-order valence-electron chi connectivity index (χ3n) is 2.79. The molecule has 100 valence electrons. The van der Waals surface area contributed by atoms with Gasteiger partial charge in [0.25, 0.3) is 0 Å². The maximum absolute atomic E-state index is 11.1.